The van der Waals surface area contributed by atoms with Gasteiger partial charge in [-0.3, -0.25) is 9.59 Å². The Morgan fingerprint density at radius 3 is 2.43 bits per heavy atom. The number of halogens is 4. The van der Waals surface area contributed by atoms with E-state index in [4.69, 9.17) is 11.6 Å². The van der Waals surface area contributed by atoms with Gasteiger partial charge in [-0.25, -0.2) is 9.97 Å². The predicted octanol–water partition coefficient (Wildman–Crippen LogP) is 5.41. The van der Waals surface area contributed by atoms with E-state index >= 15 is 0 Å². The number of nitrogens with one attached hydrogen (secondary N) is 3. The van der Waals surface area contributed by atoms with Crippen molar-refractivity contribution in [2.24, 2.45) is 0 Å². The number of nitrogens with zero attached hydrogens (tertiary/aromatic N) is 2. The second kappa shape index (κ2) is 10.1. The molecule has 2 heterocycles. The van der Waals surface area contributed by atoms with Crippen LogP contribution in [0.15, 0.2) is 42.6 Å². The monoisotopic (exact) mass is 505 g/mol. The summed E-state index contributed by atoms with van der Waals surface area (Å²) in [4.78, 5) is 31.6. The maximum absolute atomic E-state index is 13.4. The fourth-order valence-electron chi connectivity index (χ4n) is 4.15. The average Bonchev–Trinajstić information content (AvgIpc) is 2.79. The van der Waals surface area contributed by atoms with Gasteiger partial charge < -0.3 is 16.0 Å². The lowest BCUT2D eigenvalue weighted by atomic mass is 9.90. The van der Waals surface area contributed by atoms with Crippen molar-refractivity contribution in [1.82, 2.24) is 15.3 Å². The van der Waals surface area contributed by atoms with Crippen molar-refractivity contribution in [3.05, 3.63) is 58.9 Å². The van der Waals surface area contributed by atoms with E-state index in [0.29, 0.717) is 53.2 Å². The number of rotatable bonds is 5. The molecule has 0 saturated heterocycles. The molecule has 1 aliphatic rings. The van der Waals surface area contributed by atoms with Crippen LogP contribution < -0.4 is 16.0 Å². The van der Waals surface area contributed by atoms with Crippen LogP contribution >= 0.6 is 11.6 Å². The number of benzene rings is 1. The minimum Gasteiger partial charge on any atom is -0.382 e. The molecule has 1 fully saturated rings. The van der Waals surface area contributed by atoms with E-state index in [-0.39, 0.29) is 29.4 Å². The molecule has 3 N–H and O–H groups in total. The van der Waals surface area contributed by atoms with Crippen LogP contribution in [0.5, 0.6) is 0 Å². The molecule has 0 spiro atoms. The van der Waals surface area contributed by atoms with Crippen LogP contribution in [0.25, 0.3) is 10.9 Å². The highest BCUT2D eigenvalue weighted by atomic mass is 35.5. The molecule has 3 aromatic rings. The van der Waals surface area contributed by atoms with Gasteiger partial charge in [-0.15, -0.1) is 0 Å². The number of carbonyl (C=O) groups is 2. The van der Waals surface area contributed by atoms with Crippen molar-refractivity contribution < 1.29 is 22.8 Å². The van der Waals surface area contributed by atoms with E-state index in [0.717, 1.165) is 6.07 Å². The van der Waals surface area contributed by atoms with Crippen LogP contribution in [-0.2, 0) is 11.0 Å². The van der Waals surface area contributed by atoms with Crippen LogP contribution in [0.1, 0.15) is 48.7 Å². The SMILES string of the molecule is CC(=O)Nc1cc(C(=O)N[C@H]2CC[C@@H](Nc3cc(C(F)(F)F)nc4ccc(Cl)cc34)CC2)ccn1. The molecular weight excluding hydrogens is 483 g/mol. The Balaban J connectivity index is 1.41. The maximum Gasteiger partial charge on any atom is 0.433 e. The third-order valence-electron chi connectivity index (χ3n) is 5.81. The Morgan fingerprint density at radius 2 is 1.74 bits per heavy atom. The maximum atomic E-state index is 13.4. The molecule has 7 nitrogen and oxygen atoms in total. The van der Waals surface area contributed by atoms with Crippen molar-refractivity contribution in [3.8, 4) is 0 Å². The summed E-state index contributed by atoms with van der Waals surface area (Å²) < 4.78 is 40.1. The van der Waals surface area contributed by atoms with E-state index in [2.05, 4.69) is 25.9 Å². The van der Waals surface area contributed by atoms with Crippen LogP contribution in [0.4, 0.5) is 24.7 Å². The summed E-state index contributed by atoms with van der Waals surface area (Å²) >= 11 is 6.07. The molecule has 0 bridgehead atoms. The van der Waals surface area contributed by atoms with Crippen molar-refractivity contribution in [2.45, 2.75) is 50.9 Å². The molecule has 2 amide bonds. The van der Waals surface area contributed by atoms with Gasteiger partial charge in [0.25, 0.3) is 5.91 Å². The topological polar surface area (TPSA) is 96.0 Å². The number of hydrogen-bond acceptors (Lipinski definition) is 5. The molecule has 4 rings (SSSR count). The number of carbonyl (C=O) groups excluding carboxylic acids is 2. The third-order valence-corrected chi connectivity index (χ3v) is 6.04. The number of aromatic nitrogens is 2. The molecule has 0 unspecified atom stereocenters. The fraction of sp³-hybridized carbons (Fsp3) is 0.333. The van der Waals surface area contributed by atoms with Gasteiger partial charge in [0.2, 0.25) is 5.91 Å². The first-order valence-corrected chi connectivity index (χ1v) is 11.4. The van der Waals surface area contributed by atoms with Crippen molar-refractivity contribution in [2.75, 3.05) is 10.6 Å². The van der Waals surface area contributed by atoms with Crippen LogP contribution in [0.3, 0.4) is 0 Å². The van der Waals surface area contributed by atoms with Gasteiger partial charge in [-0.1, -0.05) is 11.6 Å². The molecule has 11 heteroatoms. The third kappa shape index (κ3) is 6.19. The lowest BCUT2D eigenvalue weighted by Crippen LogP contribution is -2.40. The molecular formula is C24H23ClF3N5O2. The largest absolute Gasteiger partial charge is 0.433 e. The summed E-state index contributed by atoms with van der Waals surface area (Å²) in [6.45, 7) is 1.36. The van der Waals surface area contributed by atoms with Gasteiger partial charge in [-0.05, 0) is 62.1 Å². The zero-order valence-electron chi connectivity index (χ0n) is 18.7. The van der Waals surface area contributed by atoms with Crippen LogP contribution in [-0.4, -0.2) is 33.9 Å². The molecule has 0 atom stereocenters. The van der Waals surface area contributed by atoms with E-state index < -0.39 is 11.9 Å². The van der Waals surface area contributed by atoms with Crippen LogP contribution in [0.2, 0.25) is 5.02 Å². The summed E-state index contributed by atoms with van der Waals surface area (Å²) in [6.07, 6.45) is -0.499. The number of hydrogen-bond donors (Lipinski definition) is 3. The molecule has 35 heavy (non-hydrogen) atoms. The molecule has 1 aromatic carbocycles. The summed E-state index contributed by atoms with van der Waals surface area (Å²) in [5, 5.41) is 9.69. The highest BCUT2D eigenvalue weighted by Crippen LogP contribution is 2.35. The lowest BCUT2D eigenvalue weighted by Gasteiger charge is -2.30. The minimum atomic E-state index is -4.57. The molecule has 1 aliphatic carbocycles. The molecule has 184 valence electrons. The van der Waals surface area contributed by atoms with Gasteiger partial charge in [0.05, 0.1) is 5.52 Å². The normalized spacial score (nSPS) is 18.2. The van der Waals surface area contributed by atoms with Crippen molar-refractivity contribution in [1.29, 1.82) is 0 Å². The second-order valence-corrected chi connectivity index (χ2v) is 8.93. The van der Waals surface area contributed by atoms with Gasteiger partial charge in [-0.2, -0.15) is 13.2 Å². The highest BCUT2D eigenvalue weighted by Gasteiger charge is 2.34. The van der Waals surface area contributed by atoms with Gasteiger partial charge in [0.1, 0.15) is 11.5 Å². The zero-order chi connectivity index (χ0) is 25.2. The van der Waals surface area contributed by atoms with Gasteiger partial charge >= 0.3 is 6.18 Å². The Morgan fingerprint density at radius 1 is 1.03 bits per heavy atom. The number of alkyl halides is 3. The lowest BCUT2D eigenvalue weighted by molar-refractivity contribution is -0.140. The quantitative estimate of drug-likeness (QED) is 0.430. The zero-order valence-corrected chi connectivity index (χ0v) is 19.5. The molecule has 0 aliphatic heterocycles. The number of anilines is 2. The average molecular weight is 506 g/mol. The number of fused-ring (bicyclic) bond motifs is 1. The highest BCUT2D eigenvalue weighted by molar-refractivity contribution is 6.31. The standard InChI is InChI=1S/C24H23ClF3N5O2/c1-13(34)30-22-10-14(8-9-29-22)23(35)32-17-5-3-16(4-6-17)31-20-12-21(24(26,27)28)33-19-7-2-15(25)11-18(19)20/h2,7-12,16-17H,3-6H2,1H3,(H,31,33)(H,32,35)(H,29,30,34)/t16-,17+. The minimum absolute atomic E-state index is 0.0684. The Hall–Kier alpha value is -3.40. The summed E-state index contributed by atoms with van der Waals surface area (Å²) in [7, 11) is 0. The van der Waals surface area contributed by atoms with E-state index in [9.17, 15) is 22.8 Å². The first-order chi connectivity index (χ1) is 16.6. The second-order valence-electron chi connectivity index (χ2n) is 8.49. The fourth-order valence-corrected chi connectivity index (χ4v) is 4.33. The summed E-state index contributed by atoms with van der Waals surface area (Å²) in [5.41, 5.74) is -0.0428. The Kier molecular flexibility index (Phi) is 7.11. The van der Waals surface area contributed by atoms with Crippen LogP contribution in [0, 0.1) is 0 Å². The summed E-state index contributed by atoms with van der Waals surface area (Å²) in [6, 6.07) is 8.52. The Bertz CT molecular complexity index is 1260. The predicted molar refractivity (Wildman–Crippen MR) is 127 cm³/mol. The smallest absolute Gasteiger partial charge is 0.382 e. The van der Waals surface area contributed by atoms with Gasteiger partial charge in [0.15, 0.2) is 0 Å². The molecule has 2 aromatic heterocycles. The summed E-state index contributed by atoms with van der Waals surface area (Å²) in [5.74, 6) is -0.270. The number of amides is 2. The Labute approximate surface area is 204 Å². The first kappa shape index (κ1) is 24.7. The van der Waals surface area contributed by atoms with Crippen molar-refractivity contribution in [3.63, 3.8) is 0 Å². The number of pyridine rings is 2. The molecule has 0 radical (unpaired) electrons. The first-order valence-electron chi connectivity index (χ1n) is 11.1. The van der Waals surface area contributed by atoms with E-state index in [1.807, 2.05) is 0 Å². The van der Waals surface area contributed by atoms with Gasteiger partial charge in [0, 0.05) is 46.9 Å². The van der Waals surface area contributed by atoms with E-state index in [1.54, 1.807) is 12.1 Å². The van der Waals surface area contributed by atoms with Crippen molar-refractivity contribution >= 4 is 45.8 Å². The molecule has 1 saturated carbocycles. The van der Waals surface area contributed by atoms with E-state index in [1.165, 1.54) is 31.3 Å².